The normalized spacial score (nSPS) is 48.1. The Hall–Kier alpha value is -0.590. The molecule has 0 aromatic carbocycles. The molecule has 1 nitrogen and oxygen atoms in total. The Kier molecular flexibility index (Phi) is 2.09. The Balaban J connectivity index is 2.35. The molecule has 0 aromatic heterocycles. The van der Waals surface area contributed by atoms with Gasteiger partial charge in [0, 0.05) is 12.3 Å². The van der Waals surface area contributed by atoms with Gasteiger partial charge in [0.05, 0.1) is 0 Å². The van der Waals surface area contributed by atoms with Crippen molar-refractivity contribution in [2.75, 3.05) is 0 Å². The number of ketones is 1. The first kappa shape index (κ1) is 9.95. The molecule has 0 heterocycles. The quantitative estimate of drug-likeness (QED) is 0.539. The lowest BCUT2D eigenvalue weighted by Gasteiger charge is -2.41. The van der Waals surface area contributed by atoms with Crippen LogP contribution in [0.3, 0.4) is 0 Å². The zero-order chi connectivity index (χ0) is 10.5. The molecule has 0 bridgehead atoms. The fraction of sp³-hybridized carbons (Fsp3) is 0.769. The van der Waals surface area contributed by atoms with Crippen LogP contribution in [-0.2, 0) is 4.79 Å². The molecule has 2 aliphatic rings. The summed E-state index contributed by atoms with van der Waals surface area (Å²) in [6, 6.07) is 0. The molecule has 2 fully saturated rings. The van der Waals surface area contributed by atoms with Crippen molar-refractivity contribution in [3.05, 3.63) is 12.2 Å². The molecule has 4 atom stereocenters. The smallest absolute Gasteiger partial charge is 0.136 e. The number of carbonyl (C=O) groups excluding carboxylic acids is 1. The topological polar surface area (TPSA) is 17.1 Å². The largest absolute Gasteiger partial charge is 0.299 e. The van der Waals surface area contributed by atoms with Crippen LogP contribution in [0.4, 0.5) is 0 Å². The van der Waals surface area contributed by atoms with Gasteiger partial charge in [-0.25, -0.2) is 0 Å². The average Bonchev–Trinajstić information content (AvgIpc) is 2.33. The van der Waals surface area contributed by atoms with Crippen LogP contribution >= 0.6 is 0 Å². The highest BCUT2D eigenvalue weighted by Crippen LogP contribution is 2.57. The molecule has 0 spiro atoms. The van der Waals surface area contributed by atoms with Gasteiger partial charge in [0.25, 0.3) is 0 Å². The van der Waals surface area contributed by atoms with E-state index in [2.05, 4.69) is 27.4 Å². The van der Waals surface area contributed by atoms with Gasteiger partial charge in [0.2, 0.25) is 0 Å². The minimum absolute atomic E-state index is 0.253. The van der Waals surface area contributed by atoms with Crippen molar-refractivity contribution in [1.29, 1.82) is 0 Å². The lowest BCUT2D eigenvalue weighted by atomic mass is 9.63. The van der Waals surface area contributed by atoms with Gasteiger partial charge in [-0.05, 0) is 30.1 Å². The van der Waals surface area contributed by atoms with Gasteiger partial charge in [0.1, 0.15) is 5.78 Å². The van der Waals surface area contributed by atoms with Crippen molar-refractivity contribution in [1.82, 2.24) is 0 Å². The molecule has 0 radical (unpaired) electrons. The first-order valence-corrected chi connectivity index (χ1v) is 5.66. The molecule has 2 saturated carbocycles. The molecule has 78 valence electrons. The summed E-state index contributed by atoms with van der Waals surface area (Å²) in [6.07, 6.45) is 2.99. The Morgan fingerprint density at radius 1 is 1.36 bits per heavy atom. The lowest BCUT2D eigenvalue weighted by Crippen LogP contribution is -2.39. The molecule has 1 heteroatoms. The second-order valence-electron chi connectivity index (χ2n) is 5.56. The number of hydrogen-bond donors (Lipinski definition) is 0. The summed E-state index contributed by atoms with van der Waals surface area (Å²) >= 11 is 0. The summed E-state index contributed by atoms with van der Waals surface area (Å²) in [5, 5.41) is 0. The maximum Gasteiger partial charge on any atom is 0.136 e. The van der Waals surface area contributed by atoms with E-state index in [0.717, 1.165) is 19.3 Å². The van der Waals surface area contributed by atoms with Crippen molar-refractivity contribution in [3.63, 3.8) is 0 Å². The van der Waals surface area contributed by atoms with Crippen LogP contribution in [0.25, 0.3) is 0 Å². The summed E-state index contributed by atoms with van der Waals surface area (Å²) in [5.74, 6) is 1.81. The van der Waals surface area contributed by atoms with E-state index < -0.39 is 0 Å². The van der Waals surface area contributed by atoms with Gasteiger partial charge in [-0.1, -0.05) is 32.9 Å². The molecular formula is C13H20O. The van der Waals surface area contributed by atoms with E-state index in [1.54, 1.807) is 0 Å². The van der Waals surface area contributed by atoms with E-state index in [4.69, 9.17) is 0 Å². The van der Waals surface area contributed by atoms with E-state index >= 15 is 0 Å². The molecule has 0 aromatic rings. The fourth-order valence-electron chi connectivity index (χ4n) is 3.78. The SMILES string of the molecule is C=C1CC2(C)CCC(=O)C(C)C2C1C. The van der Waals surface area contributed by atoms with Gasteiger partial charge >= 0.3 is 0 Å². The molecular weight excluding hydrogens is 172 g/mol. The minimum atomic E-state index is 0.253. The summed E-state index contributed by atoms with van der Waals surface area (Å²) in [6.45, 7) is 10.8. The molecule has 0 N–H and O–H groups in total. The zero-order valence-electron chi connectivity index (χ0n) is 9.47. The number of hydrogen-bond acceptors (Lipinski definition) is 1. The number of Topliss-reactive ketones (excluding diaryl/α,β-unsaturated/α-hetero) is 1. The van der Waals surface area contributed by atoms with E-state index in [9.17, 15) is 4.79 Å². The zero-order valence-corrected chi connectivity index (χ0v) is 9.47. The molecule has 0 saturated heterocycles. The molecule has 4 unspecified atom stereocenters. The summed E-state index contributed by atoms with van der Waals surface area (Å²) in [5.41, 5.74) is 1.73. The number of rotatable bonds is 0. The first-order valence-electron chi connectivity index (χ1n) is 5.66. The van der Waals surface area contributed by atoms with Crippen LogP contribution in [0, 0.1) is 23.2 Å². The van der Waals surface area contributed by atoms with Crippen LogP contribution in [0.5, 0.6) is 0 Å². The van der Waals surface area contributed by atoms with Crippen LogP contribution < -0.4 is 0 Å². The van der Waals surface area contributed by atoms with E-state index in [1.165, 1.54) is 5.57 Å². The molecule has 14 heavy (non-hydrogen) atoms. The summed E-state index contributed by atoms with van der Waals surface area (Å²) < 4.78 is 0. The summed E-state index contributed by atoms with van der Waals surface area (Å²) in [7, 11) is 0. The number of carbonyl (C=O) groups is 1. The Labute approximate surface area is 86.6 Å². The molecule has 2 rings (SSSR count). The Morgan fingerprint density at radius 2 is 2.00 bits per heavy atom. The standard InChI is InChI=1S/C13H20O/c1-8-7-13(4)6-5-11(14)10(3)12(13)9(8)2/h9-10,12H,1,5-7H2,2-4H3. The Bertz CT molecular complexity index is 292. The van der Waals surface area contributed by atoms with Crippen LogP contribution in [0.1, 0.15) is 40.0 Å². The molecule has 0 amide bonds. The van der Waals surface area contributed by atoms with Crippen molar-refractivity contribution < 1.29 is 4.79 Å². The van der Waals surface area contributed by atoms with Gasteiger partial charge in [-0.15, -0.1) is 0 Å². The maximum absolute atomic E-state index is 11.7. The van der Waals surface area contributed by atoms with Gasteiger partial charge in [-0.3, -0.25) is 4.79 Å². The molecule has 2 aliphatic carbocycles. The third-order valence-electron chi connectivity index (χ3n) is 4.61. The second kappa shape index (κ2) is 2.95. The van der Waals surface area contributed by atoms with Crippen molar-refractivity contribution in [2.24, 2.45) is 23.2 Å². The predicted molar refractivity (Wildman–Crippen MR) is 57.9 cm³/mol. The number of fused-ring (bicyclic) bond motifs is 1. The fourth-order valence-corrected chi connectivity index (χ4v) is 3.78. The van der Waals surface area contributed by atoms with Crippen LogP contribution in [0.15, 0.2) is 12.2 Å². The number of allylic oxidation sites excluding steroid dienone is 1. The van der Waals surface area contributed by atoms with E-state index in [0.29, 0.717) is 23.0 Å². The minimum Gasteiger partial charge on any atom is -0.299 e. The summed E-state index contributed by atoms with van der Waals surface area (Å²) in [4.78, 5) is 11.7. The highest BCUT2D eigenvalue weighted by atomic mass is 16.1. The van der Waals surface area contributed by atoms with Crippen molar-refractivity contribution >= 4 is 5.78 Å². The molecule has 0 aliphatic heterocycles. The van der Waals surface area contributed by atoms with Gasteiger partial charge in [0.15, 0.2) is 0 Å². The average molecular weight is 192 g/mol. The lowest BCUT2D eigenvalue weighted by molar-refractivity contribution is -0.130. The highest BCUT2D eigenvalue weighted by molar-refractivity contribution is 5.82. The predicted octanol–water partition coefficient (Wildman–Crippen LogP) is 3.20. The van der Waals surface area contributed by atoms with Crippen molar-refractivity contribution in [3.8, 4) is 0 Å². The third kappa shape index (κ3) is 1.18. The Morgan fingerprint density at radius 3 is 2.64 bits per heavy atom. The van der Waals surface area contributed by atoms with Crippen LogP contribution in [-0.4, -0.2) is 5.78 Å². The van der Waals surface area contributed by atoms with E-state index in [1.807, 2.05) is 0 Å². The second-order valence-corrected chi connectivity index (χ2v) is 5.56. The van der Waals surface area contributed by atoms with E-state index in [-0.39, 0.29) is 5.92 Å². The van der Waals surface area contributed by atoms with Crippen molar-refractivity contribution in [2.45, 2.75) is 40.0 Å². The van der Waals surface area contributed by atoms with Gasteiger partial charge < -0.3 is 0 Å². The highest BCUT2D eigenvalue weighted by Gasteiger charge is 2.51. The monoisotopic (exact) mass is 192 g/mol. The third-order valence-corrected chi connectivity index (χ3v) is 4.61. The maximum atomic E-state index is 11.7. The van der Waals surface area contributed by atoms with Crippen LogP contribution in [0.2, 0.25) is 0 Å². The first-order chi connectivity index (χ1) is 6.46. The van der Waals surface area contributed by atoms with Gasteiger partial charge in [-0.2, -0.15) is 0 Å².